The predicted molar refractivity (Wildman–Crippen MR) is 110 cm³/mol. The van der Waals surface area contributed by atoms with Crippen molar-refractivity contribution in [3.05, 3.63) is 64.7 Å². The summed E-state index contributed by atoms with van der Waals surface area (Å²) in [5, 5.41) is 12.9. The molecule has 1 amide bonds. The molecule has 0 saturated heterocycles. The summed E-state index contributed by atoms with van der Waals surface area (Å²) in [5.74, 6) is 1.04. The highest BCUT2D eigenvalue weighted by Gasteiger charge is 2.14. The van der Waals surface area contributed by atoms with Gasteiger partial charge in [-0.3, -0.25) is 4.79 Å². The van der Waals surface area contributed by atoms with Crippen molar-refractivity contribution in [1.29, 1.82) is 0 Å². The van der Waals surface area contributed by atoms with E-state index >= 15 is 0 Å². The highest BCUT2D eigenvalue weighted by Crippen LogP contribution is 2.25. The number of nitrogens with one attached hydrogen (secondary N) is 1. The first-order valence-electron chi connectivity index (χ1n) is 8.71. The van der Waals surface area contributed by atoms with Crippen LogP contribution in [0.25, 0.3) is 11.4 Å². The Morgan fingerprint density at radius 3 is 2.48 bits per heavy atom. The van der Waals surface area contributed by atoms with Gasteiger partial charge in [0.05, 0.1) is 5.75 Å². The zero-order valence-electron chi connectivity index (χ0n) is 15.3. The Morgan fingerprint density at radius 1 is 1.11 bits per heavy atom. The van der Waals surface area contributed by atoms with Crippen molar-refractivity contribution in [3.8, 4) is 11.4 Å². The number of aryl methyl sites for hydroxylation is 1. The van der Waals surface area contributed by atoms with E-state index in [0.717, 1.165) is 28.7 Å². The van der Waals surface area contributed by atoms with E-state index in [9.17, 15) is 4.79 Å². The molecule has 0 fully saturated rings. The molecule has 2 aromatic carbocycles. The summed E-state index contributed by atoms with van der Waals surface area (Å²) in [6.07, 6.45) is 0. The van der Waals surface area contributed by atoms with Gasteiger partial charge in [-0.05, 0) is 43.7 Å². The van der Waals surface area contributed by atoms with E-state index in [-0.39, 0.29) is 5.91 Å². The quantitative estimate of drug-likeness (QED) is 0.599. The van der Waals surface area contributed by atoms with Gasteiger partial charge in [0.25, 0.3) is 0 Å². The normalized spacial score (nSPS) is 10.8. The third-order valence-corrected chi connectivity index (χ3v) is 5.30. The van der Waals surface area contributed by atoms with E-state index in [1.54, 1.807) is 0 Å². The molecule has 0 aliphatic heterocycles. The summed E-state index contributed by atoms with van der Waals surface area (Å²) in [4.78, 5) is 12.2. The number of aromatic nitrogens is 3. The predicted octanol–water partition coefficient (Wildman–Crippen LogP) is 4.34. The molecule has 3 rings (SSSR count). The van der Waals surface area contributed by atoms with Crippen LogP contribution in [0, 0.1) is 6.92 Å². The standard InChI is InChI=1S/C20H21ClN4OS/c1-3-25-19(16-8-10-17(21)11-9-16)23-24-20(25)27-13-18(26)22-12-15-6-4-14(2)5-7-15/h4-11H,3,12-13H2,1-2H3,(H,22,26). The SMILES string of the molecule is CCn1c(SCC(=O)NCc2ccc(C)cc2)nnc1-c1ccc(Cl)cc1. The maximum absolute atomic E-state index is 12.2. The smallest absolute Gasteiger partial charge is 0.230 e. The van der Waals surface area contributed by atoms with E-state index in [0.29, 0.717) is 17.3 Å². The van der Waals surface area contributed by atoms with Crippen LogP contribution in [0.2, 0.25) is 5.02 Å². The monoisotopic (exact) mass is 400 g/mol. The number of halogens is 1. The van der Waals surface area contributed by atoms with Crippen LogP contribution in [0.3, 0.4) is 0 Å². The molecule has 0 radical (unpaired) electrons. The summed E-state index contributed by atoms with van der Waals surface area (Å²) < 4.78 is 2.00. The van der Waals surface area contributed by atoms with Crippen molar-refractivity contribution in [3.63, 3.8) is 0 Å². The highest BCUT2D eigenvalue weighted by atomic mass is 35.5. The fourth-order valence-corrected chi connectivity index (χ4v) is 3.54. The molecule has 0 aliphatic rings. The third-order valence-electron chi connectivity index (χ3n) is 4.08. The largest absolute Gasteiger partial charge is 0.351 e. The molecule has 1 heterocycles. The number of rotatable bonds is 7. The first-order valence-corrected chi connectivity index (χ1v) is 10.1. The minimum absolute atomic E-state index is 0.0285. The number of carbonyl (C=O) groups is 1. The molecule has 1 aromatic heterocycles. The lowest BCUT2D eigenvalue weighted by Gasteiger charge is -2.08. The Labute approximate surface area is 168 Å². The fourth-order valence-electron chi connectivity index (χ4n) is 2.58. The van der Waals surface area contributed by atoms with Crippen molar-refractivity contribution in [2.45, 2.75) is 32.1 Å². The summed E-state index contributed by atoms with van der Waals surface area (Å²) in [6, 6.07) is 15.6. The Bertz CT molecular complexity index is 907. The lowest BCUT2D eigenvalue weighted by Crippen LogP contribution is -2.24. The first-order chi connectivity index (χ1) is 13.1. The van der Waals surface area contributed by atoms with E-state index in [2.05, 4.69) is 15.5 Å². The molecular formula is C20H21ClN4OS. The van der Waals surface area contributed by atoms with E-state index < -0.39 is 0 Å². The molecule has 0 bridgehead atoms. The second-order valence-electron chi connectivity index (χ2n) is 6.11. The average Bonchev–Trinajstić information content (AvgIpc) is 3.09. The van der Waals surface area contributed by atoms with Crippen molar-refractivity contribution in [1.82, 2.24) is 20.1 Å². The van der Waals surface area contributed by atoms with Crippen molar-refractivity contribution in [2.24, 2.45) is 0 Å². The molecule has 0 aliphatic carbocycles. The van der Waals surface area contributed by atoms with Gasteiger partial charge in [-0.25, -0.2) is 0 Å². The molecule has 140 valence electrons. The van der Waals surface area contributed by atoms with Gasteiger partial charge in [-0.2, -0.15) is 0 Å². The minimum Gasteiger partial charge on any atom is -0.351 e. The third kappa shape index (κ3) is 5.11. The number of hydrogen-bond donors (Lipinski definition) is 1. The molecular weight excluding hydrogens is 380 g/mol. The van der Waals surface area contributed by atoms with Gasteiger partial charge < -0.3 is 9.88 Å². The van der Waals surface area contributed by atoms with Crippen LogP contribution >= 0.6 is 23.4 Å². The van der Waals surface area contributed by atoms with Crippen LogP contribution in [-0.4, -0.2) is 26.4 Å². The number of thioether (sulfide) groups is 1. The Hall–Kier alpha value is -2.31. The van der Waals surface area contributed by atoms with Crippen LogP contribution in [0.5, 0.6) is 0 Å². The summed E-state index contributed by atoms with van der Waals surface area (Å²) in [6.45, 7) is 5.32. The number of hydrogen-bond acceptors (Lipinski definition) is 4. The van der Waals surface area contributed by atoms with E-state index in [1.165, 1.54) is 17.3 Å². The molecule has 27 heavy (non-hydrogen) atoms. The molecule has 7 heteroatoms. The lowest BCUT2D eigenvalue weighted by molar-refractivity contribution is -0.118. The van der Waals surface area contributed by atoms with Gasteiger partial charge in [0.1, 0.15) is 0 Å². The van der Waals surface area contributed by atoms with Gasteiger partial charge in [0, 0.05) is 23.7 Å². The average molecular weight is 401 g/mol. The molecule has 0 unspecified atom stereocenters. The summed E-state index contributed by atoms with van der Waals surface area (Å²) in [5.41, 5.74) is 3.24. The summed E-state index contributed by atoms with van der Waals surface area (Å²) >= 11 is 7.34. The molecule has 0 spiro atoms. The van der Waals surface area contributed by atoms with Crippen molar-refractivity contribution >= 4 is 29.3 Å². The number of benzene rings is 2. The fraction of sp³-hybridized carbons (Fsp3) is 0.250. The van der Waals surface area contributed by atoms with Gasteiger partial charge in [-0.15, -0.1) is 10.2 Å². The Balaban J connectivity index is 1.59. The molecule has 3 aromatic rings. The van der Waals surface area contributed by atoms with Gasteiger partial charge >= 0.3 is 0 Å². The van der Waals surface area contributed by atoms with Crippen LogP contribution < -0.4 is 5.32 Å². The minimum atomic E-state index is -0.0285. The van der Waals surface area contributed by atoms with Gasteiger partial charge in [0.15, 0.2) is 11.0 Å². The van der Waals surface area contributed by atoms with Crippen LogP contribution in [0.1, 0.15) is 18.1 Å². The van der Waals surface area contributed by atoms with Gasteiger partial charge in [-0.1, -0.05) is 53.2 Å². The van der Waals surface area contributed by atoms with Crippen LogP contribution in [-0.2, 0) is 17.9 Å². The van der Waals surface area contributed by atoms with Gasteiger partial charge in [0.2, 0.25) is 5.91 Å². The van der Waals surface area contributed by atoms with Crippen LogP contribution in [0.15, 0.2) is 53.7 Å². The number of carbonyl (C=O) groups excluding carboxylic acids is 1. The zero-order chi connectivity index (χ0) is 19.2. The molecule has 0 saturated carbocycles. The molecule has 5 nitrogen and oxygen atoms in total. The molecule has 0 atom stereocenters. The second-order valence-corrected chi connectivity index (χ2v) is 7.49. The second kappa shape index (κ2) is 9.06. The topological polar surface area (TPSA) is 59.8 Å². The number of amides is 1. The zero-order valence-corrected chi connectivity index (χ0v) is 16.8. The van der Waals surface area contributed by atoms with Crippen molar-refractivity contribution < 1.29 is 4.79 Å². The lowest BCUT2D eigenvalue weighted by atomic mass is 10.1. The Morgan fingerprint density at radius 2 is 1.81 bits per heavy atom. The van der Waals surface area contributed by atoms with E-state index in [1.807, 2.05) is 66.9 Å². The number of nitrogens with zero attached hydrogens (tertiary/aromatic N) is 3. The highest BCUT2D eigenvalue weighted by molar-refractivity contribution is 7.99. The maximum Gasteiger partial charge on any atom is 0.230 e. The summed E-state index contributed by atoms with van der Waals surface area (Å²) in [7, 11) is 0. The van der Waals surface area contributed by atoms with Crippen LogP contribution in [0.4, 0.5) is 0 Å². The maximum atomic E-state index is 12.2. The first kappa shape index (κ1) is 19.5. The van der Waals surface area contributed by atoms with Crippen molar-refractivity contribution in [2.75, 3.05) is 5.75 Å². The van der Waals surface area contributed by atoms with E-state index in [4.69, 9.17) is 11.6 Å². The Kier molecular flexibility index (Phi) is 6.53. The molecule has 1 N–H and O–H groups in total.